The molecule has 0 spiro atoms. The Morgan fingerprint density at radius 3 is 2.42 bits per heavy atom. The van der Waals surface area contributed by atoms with Gasteiger partial charge in [-0.1, -0.05) is 80.9 Å². The molecule has 1 atom stereocenters. The van der Waals surface area contributed by atoms with E-state index in [2.05, 4.69) is 49.9 Å². The highest BCUT2D eigenvalue weighted by atomic mass is 16.5. The fraction of sp³-hybridized carbons (Fsp3) is 0.318. The molecule has 0 radical (unpaired) electrons. The van der Waals surface area contributed by atoms with Gasteiger partial charge in [0.25, 0.3) is 0 Å². The van der Waals surface area contributed by atoms with Crippen LogP contribution < -0.4 is 0 Å². The number of carbonyl (C=O) groups is 1. The molecular formula is C22H26O2. The molecular weight excluding hydrogens is 296 g/mol. The van der Waals surface area contributed by atoms with Crippen molar-refractivity contribution in [1.29, 1.82) is 0 Å². The van der Waals surface area contributed by atoms with Crippen LogP contribution in [0.3, 0.4) is 0 Å². The Bertz CT molecular complexity index is 673. The molecule has 2 aromatic rings. The summed E-state index contributed by atoms with van der Waals surface area (Å²) >= 11 is 0. The second-order valence-corrected chi connectivity index (χ2v) is 6.17. The van der Waals surface area contributed by atoms with Gasteiger partial charge >= 0.3 is 5.97 Å². The molecule has 0 aliphatic heterocycles. The molecule has 24 heavy (non-hydrogen) atoms. The van der Waals surface area contributed by atoms with Crippen molar-refractivity contribution in [3.05, 3.63) is 72.3 Å². The summed E-state index contributed by atoms with van der Waals surface area (Å²) in [6.45, 7) is 7.92. The van der Waals surface area contributed by atoms with Crippen LogP contribution in [0.2, 0.25) is 0 Å². The minimum atomic E-state index is -0.311. The standard InChI is InChI=1S/C22H26O2/c1-4-5-11-19(16-24-22(23)17(2)3)21-15-10-9-14-20(21)18-12-7-6-8-13-18/h6-10,12-15,19H,2,4-5,11,16H2,1,3H3. The molecule has 0 amide bonds. The van der Waals surface area contributed by atoms with Crippen molar-refractivity contribution in [2.24, 2.45) is 0 Å². The van der Waals surface area contributed by atoms with Gasteiger partial charge in [0.1, 0.15) is 0 Å². The average molecular weight is 322 g/mol. The summed E-state index contributed by atoms with van der Waals surface area (Å²) < 4.78 is 5.47. The summed E-state index contributed by atoms with van der Waals surface area (Å²) in [4.78, 5) is 11.8. The van der Waals surface area contributed by atoms with Crippen LogP contribution in [0.4, 0.5) is 0 Å². The van der Waals surface area contributed by atoms with E-state index in [1.807, 2.05) is 18.2 Å². The lowest BCUT2D eigenvalue weighted by Gasteiger charge is -2.21. The molecule has 0 saturated carbocycles. The predicted octanol–water partition coefficient (Wildman–Crippen LogP) is 5.75. The Morgan fingerprint density at radius 1 is 1.08 bits per heavy atom. The number of benzene rings is 2. The lowest BCUT2D eigenvalue weighted by Crippen LogP contribution is -2.14. The van der Waals surface area contributed by atoms with E-state index in [-0.39, 0.29) is 11.9 Å². The van der Waals surface area contributed by atoms with Crippen molar-refractivity contribution in [3.63, 3.8) is 0 Å². The third-order valence-corrected chi connectivity index (χ3v) is 4.16. The first-order valence-electron chi connectivity index (χ1n) is 8.60. The van der Waals surface area contributed by atoms with Crippen LogP contribution in [0, 0.1) is 0 Å². The second-order valence-electron chi connectivity index (χ2n) is 6.17. The maximum Gasteiger partial charge on any atom is 0.333 e. The van der Waals surface area contributed by atoms with Crippen LogP contribution >= 0.6 is 0 Å². The molecule has 0 aliphatic rings. The Kier molecular flexibility index (Phi) is 6.80. The van der Waals surface area contributed by atoms with Crippen LogP contribution in [0.25, 0.3) is 11.1 Å². The Labute approximate surface area is 145 Å². The molecule has 0 N–H and O–H groups in total. The zero-order chi connectivity index (χ0) is 17.4. The summed E-state index contributed by atoms with van der Waals surface area (Å²) in [6.07, 6.45) is 3.24. The molecule has 2 heteroatoms. The topological polar surface area (TPSA) is 26.3 Å². The van der Waals surface area contributed by atoms with Crippen LogP contribution in [0.1, 0.15) is 44.6 Å². The minimum Gasteiger partial charge on any atom is -0.462 e. The molecule has 2 rings (SSSR count). The lowest BCUT2D eigenvalue weighted by molar-refractivity contribution is -0.139. The van der Waals surface area contributed by atoms with E-state index in [9.17, 15) is 4.79 Å². The van der Waals surface area contributed by atoms with Crippen molar-refractivity contribution in [2.75, 3.05) is 6.61 Å². The van der Waals surface area contributed by atoms with Gasteiger partial charge in [-0.3, -0.25) is 0 Å². The second kappa shape index (κ2) is 9.07. The van der Waals surface area contributed by atoms with Crippen LogP contribution in [0.15, 0.2) is 66.7 Å². The quantitative estimate of drug-likeness (QED) is 0.457. The molecule has 0 aliphatic carbocycles. The first kappa shape index (κ1) is 18.0. The molecule has 0 aromatic heterocycles. The van der Waals surface area contributed by atoms with Gasteiger partial charge in [0.05, 0.1) is 6.61 Å². The maximum atomic E-state index is 11.8. The highest BCUT2D eigenvalue weighted by molar-refractivity contribution is 5.87. The summed E-state index contributed by atoms with van der Waals surface area (Å²) in [7, 11) is 0. The fourth-order valence-electron chi connectivity index (χ4n) is 2.81. The summed E-state index contributed by atoms with van der Waals surface area (Å²) in [5, 5.41) is 0. The Morgan fingerprint density at radius 2 is 1.75 bits per heavy atom. The zero-order valence-corrected chi connectivity index (χ0v) is 14.6. The molecule has 0 fully saturated rings. The molecule has 2 aromatic carbocycles. The number of rotatable bonds is 8. The van der Waals surface area contributed by atoms with Gasteiger partial charge in [-0.15, -0.1) is 0 Å². The molecule has 1 unspecified atom stereocenters. The molecule has 0 heterocycles. The van der Waals surface area contributed by atoms with Gasteiger partial charge < -0.3 is 4.74 Å². The fourth-order valence-corrected chi connectivity index (χ4v) is 2.81. The summed E-state index contributed by atoms with van der Waals surface area (Å²) in [5.41, 5.74) is 4.10. The van der Waals surface area contributed by atoms with Crippen LogP contribution in [-0.2, 0) is 9.53 Å². The van der Waals surface area contributed by atoms with Gasteiger partial charge in [-0.25, -0.2) is 4.79 Å². The van der Waals surface area contributed by atoms with Gasteiger partial charge in [0.15, 0.2) is 0 Å². The molecule has 0 saturated heterocycles. The SMILES string of the molecule is C=C(C)C(=O)OCC(CCCC)c1ccccc1-c1ccccc1. The molecule has 126 valence electrons. The number of esters is 1. The molecule has 2 nitrogen and oxygen atoms in total. The van der Waals surface area contributed by atoms with Gasteiger partial charge in [-0.2, -0.15) is 0 Å². The first-order valence-corrected chi connectivity index (χ1v) is 8.60. The van der Waals surface area contributed by atoms with E-state index < -0.39 is 0 Å². The van der Waals surface area contributed by atoms with Gasteiger partial charge in [0, 0.05) is 11.5 Å². The highest BCUT2D eigenvalue weighted by Gasteiger charge is 2.18. The number of hydrogen-bond donors (Lipinski definition) is 0. The van der Waals surface area contributed by atoms with Crippen molar-refractivity contribution < 1.29 is 9.53 Å². The van der Waals surface area contributed by atoms with E-state index >= 15 is 0 Å². The largest absolute Gasteiger partial charge is 0.462 e. The number of ether oxygens (including phenoxy) is 1. The third-order valence-electron chi connectivity index (χ3n) is 4.16. The van der Waals surface area contributed by atoms with Crippen molar-refractivity contribution in [1.82, 2.24) is 0 Å². The van der Waals surface area contributed by atoms with Crippen LogP contribution in [0.5, 0.6) is 0 Å². The number of carbonyl (C=O) groups excluding carboxylic acids is 1. The van der Waals surface area contributed by atoms with E-state index in [0.29, 0.717) is 12.2 Å². The Hall–Kier alpha value is -2.35. The maximum absolute atomic E-state index is 11.8. The van der Waals surface area contributed by atoms with E-state index in [1.165, 1.54) is 16.7 Å². The monoisotopic (exact) mass is 322 g/mol. The normalized spacial score (nSPS) is 11.8. The van der Waals surface area contributed by atoms with Crippen molar-refractivity contribution in [2.45, 2.75) is 39.0 Å². The van der Waals surface area contributed by atoms with Crippen LogP contribution in [-0.4, -0.2) is 12.6 Å². The lowest BCUT2D eigenvalue weighted by atomic mass is 9.88. The van der Waals surface area contributed by atoms with Crippen molar-refractivity contribution >= 4 is 5.97 Å². The predicted molar refractivity (Wildman–Crippen MR) is 99.9 cm³/mol. The first-order chi connectivity index (χ1) is 11.6. The smallest absolute Gasteiger partial charge is 0.333 e. The van der Waals surface area contributed by atoms with E-state index in [4.69, 9.17) is 4.74 Å². The summed E-state index contributed by atoms with van der Waals surface area (Å²) in [5.74, 6) is -0.113. The van der Waals surface area contributed by atoms with E-state index in [1.54, 1.807) is 6.92 Å². The number of unbranched alkanes of at least 4 members (excludes halogenated alkanes) is 1. The summed E-state index contributed by atoms with van der Waals surface area (Å²) in [6, 6.07) is 18.8. The molecule has 0 bridgehead atoms. The zero-order valence-electron chi connectivity index (χ0n) is 14.6. The van der Waals surface area contributed by atoms with Gasteiger partial charge in [0.2, 0.25) is 0 Å². The Balaban J connectivity index is 2.29. The van der Waals surface area contributed by atoms with Crippen molar-refractivity contribution in [3.8, 4) is 11.1 Å². The third kappa shape index (κ3) is 4.82. The van der Waals surface area contributed by atoms with E-state index in [0.717, 1.165) is 19.3 Å². The number of hydrogen-bond acceptors (Lipinski definition) is 2. The average Bonchev–Trinajstić information content (AvgIpc) is 2.62. The minimum absolute atomic E-state index is 0.199. The van der Waals surface area contributed by atoms with Gasteiger partial charge in [-0.05, 0) is 30.0 Å². The highest BCUT2D eigenvalue weighted by Crippen LogP contribution is 2.32.